The highest BCUT2D eigenvalue weighted by Gasteiger charge is 2.10. The van der Waals surface area contributed by atoms with Gasteiger partial charge in [0, 0.05) is 30.9 Å². The van der Waals surface area contributed by atoms with Crippen molar-refractivity contribution in [3.05, 3.63) is 30.1 Å². The fraction of sp³-hybridized carbons (Fsp3) is 0.385. The molecule has 2 aromatic heterocycles. The molecule has 0 aliphatic heterocycles. The van der Waals surface area contributed by atoms with Crippen molar-refractivity contribution >= 4 is 16.9 Å². The van der Waals surface area contributed by atoms with E-state index in [0.29, 0.717) is 13.1 Å². The third-order valence-electron chi connectivity index (χ3n) is 2.82. The van der Waals surface area contributed by atoms with E-state index in [-0.39, 0.29) is 12.5 Å². The van der Waals surface area contributed by atoms with Crippen LogP contribution >= 0.6 is 0 Å². The third kappa shape index (κ3) is 2.51. The summed E-state index contributed by atoms with van der Waals surface area (Å²) in [5.41, 5.74) is 7.52. The predicted octanol–water partition coefficient (Wildman–Crippen LogP) is 1.02. The quantitative estimate of drug-likeness (QED) is 0.827. The molecule has 0 saturated carbocycles. The van der Waals surface area contributed by atoms with E-state index in [0.717, 1.165) is 23.0 Å². The maximum Gasteiger partial charge on any atom is 0.239 e. The van der Waals surface area contributed by atoms with Crippen LogP contribution in [0.1, 0.15) is 18.9 Å². The van der Waals surface area contributed by atoms with E-state index in [9.17, 15) is 4.79 Å². The van der Waals surface area contributed by atoms with Gasteiger partial charge in [-0.15, -0.1) is 0 Å². The lowest BCUT2D eigenvalue weighted by molar-refractivity contribution is -0.121. The van der Waals surface area contributed by atoms with Crippen LogP contribution < -0.4 is 11.1 Å². The molecule has 5 heteroatoms. The van der Waals surface area contributed by atoms with Crippen molar-refractivity contribution in [2.45, 2.75) is 26.4 Å². The van der Waals surface area contributed by atoms with Crippen LogP contribution in [0, 0.1) is 0 Å². The lowest BCUT2D eigenvalue weighted by Crippen LogP contribution is -2.27. The molecule has 2 aromatic rings. The zero-order chi connectivity index (χ0) is 13.0. The number of hydrogen-bond donors (Lipinski definition) is 2. The van der Waals surface area contributed by atoms with Gasteiger partial charge in [0.15, 0.2) is 0 Å². The van der Waals surface area contributed by atoms with Crippen molar-refractivity contribution in [2.75, 3.05) is 6.54 Å². The number of amides is 1. The fourth-order valence-electron chi connectivity index (χ4n) is 1.95. The minimum Gasteiger partial charge on any atom is -0.355 e. The molecule has 3 N–H and O–H groups in total. The molecule has 0 bridgehead atoms. The van der Waals surface area contributed by atoms with Crippen LogP contribution in [0.3, 0.4) is 0 Å². The molecule has 96 valence electrons. The van der Waals surface area contributed by atoms with Gasteiger partial charge in [-0.2, -0.15) is 0 Å². The molecule has 18 heavy (non-hydrogen) atoms. The molecule has 0 aliphatic rings. The Labute approximate surface area is 106 Å². The number of hydrogen-bond acceptors (Lipinski definition) is 3. The number of nitrogens with one attached hydrogen (secondary N) is 1. The number of pyridine rings is 1. The number of carbonyl (C=O) groups excluding carboxylic acids is 1. The van der Waals surface area contributed by atoms with Crippen LogP contribution in [-0.2, 0) is 17.9 Å². The summed E-state index contributed by atoms with van der Waals surface area (Å²) < 4.78 is 1.85. The van der Waals surface area contributed by atoms with Crippen molar-refractivity contribution in [3.63, 3.8) is 0 Å². The van der Waals surface area contributed by atoms with Crippen LogP contribution in [0.15, 0.2) is 24.5 Å². The molecule has 0 atom stereocenters. The number of carbonyl (C=O) groups is 1. The molecule has 0 aromatic carbocycles. The molecule has 0 aliphatic carbocycles. The van der Waals surface area contributed by atoms with Gasteiger partial charge in [-0.1, -0.05) is 6.92 Å². The summed E-state index contributed by atoms with van der Waals surface area (Å²) in [6.45, 7) is 3.47. The van der Waals surface area contributed by atoms with Crippen LogP contribution in [-0.4, -0.2) is 22.0 Å². The summed E-state index contributed by atoms with van der Waals surface area (Å²) >= 11 is 0. The Kier molecular flexibility index (Phi) is 3.94. The Bertz CT molecular complexity index is 547. The first-order chi connectivity index (χ1) is 8.76. The second-order valence-corrected chi connectivity index (χ2v) is 4.21. The summed E-state index contributed by atoms with van der Waals surface area (Å²) in [6.07, 6.45) is 4.57. The van der Waals surface area contributed by atoms with Gasteiger partial charge in [0.2, 0.25) is 5.91 Å². The van der Waals surface area contributed by atoms with Gasteiger partial charge in [-0.25, -0.2) is 4.98 Å². The van der Waals surface area contributed by atoms with Gasteiger partial charge in [-0.05, 0) is 24.1 Å². The van der Waals surface area contributed by atoms with Gasteiger partial charge in [0.25, 0.3) is 0 Å². The van der Waals surface area contributed by atoms with E-state index < -0.39 is 0 Å². The fourth-order valence-corrected chi connectivity index (χ4v) is 1.95. The van der Waals surface area contributed by atoms with Crippen molar-refractivity contribution in [1.29, 1.82) is 0 Å². The standard InChI is InChI=1S/C13H18N4O/c1-2-5-15-12(18)9-17-8-10(7-14)11-4-3-6-16-13(11)17/h3-4,6,8H,2,5,7,9,14H2,1H3,(H,15,18). The zero-order valence-electron chi connectivity index (χ0n) is 10.5. The summed E-state index contributed by atoms with van der Waals surface area (Å²) in [5, 5.41) is 3.87. The number of nitrogens with zero attached hydrogens (tertiary/aromatic N) is 2. The van der Waals surface area contributed by atoms with E-state index in [1.807, 2.05) is 29.8 Å². The van der Waals surface area contributed by atoms with Gasteiger partial charge >= 0.3 is 0 Å². The zero-order valence-corrected chi connectivity index (χ0v) is 10.5. The molecule has 0 fully saturated rings. The minimum atomic E-state index is 0.00275. The highest BCUT2D eigenvalue weighted by Crippen LogP contribution is 2.18. The number of fused-ring (bicyclic) bond motifs is 1. The SMILES string of the molecule is CCCNC(=O)Cn1cc(CN)c2cccnc21. The first-order valence-corrected chi connectivity index (χ1v) is 6.15. The molecule has 0 saturated heterocycles. The van der Waals surface area contributed by atoms with Gasteiger partial charge < -0.3 is 15.6 Å². The Morgan fingerprint density at radius 2 is 2.39 bits per heavy atom. The van der Waals surface area contributed by atoms with E-state index in [1.165, 1.54) is 0 Å². The molecule has 0 unspecified atom stereocenters. The maximum atomic E-state index is 11.7. The Morgan fingerprint density at radius 3 is 3.11 bits per heavy atom. The smallest absolute Gasteiger partial charge is 0.239 e. The monoisotopic (exact) mass is 246 g/mol. The molecular weight excluding hydrogens is 228 g/mol. The largest absolute Gasteiger partial charge is 0.355 e. The van der Waals surface area contributed by atoms with Crippen LogP contribution in [0.2, 0.25) is 0 Å². The topological polar surface area (TPSA) is 72.9 Å². The molecule has 2 heterocycles. The molecule has 1 amide bonds. The second kappa shape index (κ2) is 5.64. The van der Waals surface area contributed by atoms with Gasteiger partial charge in [0.05, 0.1) is 0 Å². The molecule has 5 nitrogen and oxygen atoms in total. The molecular formula is C13H18N4O. The number of aromatic nitrogens is 2. The Morgan fingerprint density at radius 1 is 1.56 bits per heavy atom. The van der Waals surface area contributed by atoms with E-state index >= 15 is 0 Å². The molecule has 2 rings (SSSR count). The number of nitrogens with two attached hydrogens (primary N) is 1. The highest BCUT2D eigenvalue weighted by molar-refractivity contribution is 5.83. The van der Waals surface area contributed by atoms with Gasteiger partial charge in [-0.3, -0.25) is 4.79 Å². The van der Waals surface area contributed by atoms with Crippen molar-refractivity contribution in [1.82, 2.24) is 14.9 Å². The minimum absolute atomic E-state index is 0.00275. The third-order valence-corrected chi connectivity index (χ3v) is 2.82. The lowest BCUT2D eigenvalue weighted by atomic mass is 10.2. The highest BCUT2D eigenvalue weighted by atomic mass is 16.1. The van der Waals surface area contributed by atoms with Crippen molar-refractivity contribution in [3.8, 4) is 0 Å². The van der Waals surface area contributed by atoms with E-state index in [2.05, 4.69) is 10.3 Å². The predicted molar refractivity (Wildman–Crippen MR) is 70.9 cm³/mol. The van der Waals surface area contributed by atoms with Crippen LogP contribution in [0.4, 0.5) is 0 Å². The van der Waals surface area contributed by atoms with E-state index in [1.54, 1.807) is 6.20 Å². The molecule has 0 radical (unpaired) electrons. The average Bonchev–Trinajstić information content (AvgIpc) is 2.75. The summed E-state index contributed by atoms with van der Waals surface area (Å²) in [4.78, 5) is 16.0. The van der Waals surface area contributed by atoms with Gasteiger partial charge in [0.1, 0.15) is 12.2 Å². The lowest BCUT2D eigenvalue weighted by Gasteiger charge is -2.05. The summed E-state index contributed by atoms with van der Waals surface area (Å²) in [5.74, 6) is 0.00275. The van der Waals surface area contributed by atoms with Crippen LogP contribution in [0.25, 0.3) is 11.0 Å². The van der Waals surface area contributed by atoms with Crippen molar-refractivity contribution < 1.29 is 4.79 Å². The first kappa shape index (κ1) is 12.6. The summed E-state index contributed by atoms with van der Waals surface area (Å²) in [6, 6.07) is 3.86. The normalized spacial score (nSPS) is 10.8. The summed E-state index contributed by atoms with van der Waals surface area (Å²) in [7, 11) is 0. The average molecular weight is 246 g/mol. The molecule has 0 spiro atoms. The van der Waals surface area contributed by atoms with Crippen molar-refractivity contribution in [2.24, 2.45) is 5.73 Å². The Hall–Kier alpha value is -1.88. The number of rotatable bonds is 5. The van der Waals surface area contributed by atoms with E-state index in [4.69, 9.17) is 5.73 Å². The second-order valence-electron chi connectivity index (χ2n) is 4.21. The van der Waals surface area contributed by atoms with Crippen LogP contribution in [0.5, 0.6) is 0 Å². The maximum absolute atomic E-state index is 11.7. The first-order valence-electron chi connectivity index (χ1n) is 6.15. The Balaban J connectivity index is 2.25.